The average molecular weight is 233 g/mol. The van der Waals surface area contributed by atoms with Crippen molar-refractivity contribution in [1.29, 1.82) is 0 Å². The standard InChI is InChI=1S/C12H15N3O2/c1-8-9-10(16)13-4-5-15(9)11(14-8)12(2)3-6-17-7-12/h4-5H,3,6-7H2,1-2H3,(H,13,16). The van der Waals surface area contributed by atoms with Crippen LogP contribution in [0, 0.1) is 6.92 Å². The third-order valence-corrected chi connectivity index (χ3v) is 3.50. The third-order valence-electron chi connectivity index (χ3n) is 3.50. The van der Waals surface area contributed by atoms with E-state index in [0.717, 1.165) is 24.5 Å². The summed E-state index contributed by atoms with van der Waals surface area (Å²) in [6.45, 7) is 5.43. The molecular formula is C12H15N3O2. The van der Waals surface area contributed by atoms with Gasteiger partial charge in [0.2, 0.25) is 0 Å². The molecular weight excluding hydrogens is 218 g/mol. The molecule has 0 spiro atoms. The summed E-state index contributed by atoms with van der Waals surface area (Å²) in [4.78, 5) is 19.0. The quantitative estimate of drug-likeness (QED) is 0.799. The van der Waals surface area contributed by atoms with E-state index in [1.54, 1.807) is 6.20 Å². The van der Waals surface area contributed by atoms with Crippen LogP contribution in [0.15, 0.2) is 17.2 Å². The van der Waals surface area contributed by atoms with Crippen LogP contribution >= 0.6 is 0 Å². The number of aryl methyl sites for hydroxylation is 1. The van der Waals surface area contributed by atoms with Crippen LogP contribution in [0.2, 0.25) is 0 Å². The number of imidazole rings is 1. The average Bonchev–Trinajstić information content (AvgIpc) is 2.86. The highest BCUT2D eigenvalue weighted by atomic mass is 16.5. The number of hydrogen-bond donors (Lipinski definition) is 1. The second-order valence-corrected chi connectivity index (χ2v) is 4.89. The minimum Gasteiger partial charge on any atom is -0.380 e. The Kier molecular flexibility index (Phi) is 2.13. The molecule has 90 valence electrons. The number of rotatable bonds is 1. The van der Waals surface area contributed by atoms with Crippen LogP contribution in [-0.2, 0) is 10.2 Å². The van der Waals surface area contributed by atoms with E-state index < -0.39 is 0 Å². The topological polar surface area (TPSA) is 59.4 Å². The third kappa shape index (κ3) is 1.42. The molecule has 17 heavy (non-hydrogen) atoms. The van der Waals surface area contributed by atoms with Crippen LogP contribution in [0.25, 0.3) is 5.52 Å². The minimum absolute atomic E-state index is 0.0914. The molecule has 3 heterocycles. The molecule has 2 aromatic rings. The van der Waals surface area contributed by atoms with Crippen molar-refractivity contribution in [2.45, 2.75) is 25.7 Å². The Morgan fingerprint density at radius 1 is 1.59 bits per heavy atom. The molecule has 1 N–H and O–H groups in total. The molecule has 1 unspecified atom stereocenters. The van der Waals surface area contributed by atoms with Gasteiger partial charge in [-0.1, -0.05) is 6.92 Å². The van der Waals surface area contributed by atoms with Crippen LogP contribution in [0.3, 0.4) is 0 Å². The second-order valence-electron chi connectivity index (χ2n) is 4.89. The Labute approximate surface area is 98.4 Å². The van der Waals surface area contributed by atoms with E-state index in [1.165, 1.54) is 0 Å². The fourth-order valence-electron chi connectivity index (χ4n) is 2.49. The van der Waals surface area contributed by atoms with Gasteiger partial charge >= 0.3 is 0 Å². The van der Waals surface area contributed by atoms with Gasteiger partial charge < -0.3 is 9.72 Å². The lowest BCUT2D eigenvalue weighted by atomic mass is 9.89. The van der Waals surface area contributed by atoms with Gasteiger partial charge in [-0.15, -0.1) is 0 Å². The molecule has 0 bridgehead atoms. The van der Waals surface area contributed by atoms with Crippen molar-refractivity contribution in [3.8, 4) is 0 Å². The number of ether oxygens (including phenoxy) is 1. The lowest BCUT2D eigenvalue weighted by molar-refractivity contribution is 0.179. The number of aromatic nitrogens is 3. The summed E-state index contributed by atoms with van der Waals surface area (Å²) >= 11 is 0. The molecule has 1 aliphatic heterocycles. The molecule has 0 amide bonds. The second kappa shape index (κ2) is 3.43. The smallest absolute Gasteiger partial charge is 0.274 e. The number of nitrogens with one attached hydrogen (secondary N) is 1. The van der Waals surface area contributed by atoms with E-state index in [0.29, 0.717) is 12.1 Å². The maximum absolute atomic E-state index is 11.8. The summed E-state index contributed by atoms with van der Waals surface area (Å²) in [7, 11) is 0. The summed E-state index contributed by atoms with van der Waals surface area (Å²) < 4.78 is 7.36. The molecule has 0 radical (unpaired) electrons. The highest BCUT2D eigenvalue weighted by Gasteiger charge is 2.36. The van der Waals surface area contributed by atoms with E-state index in [9.17, 15) is 4.79 Å². The van der Waals surface area contributed by atoms with Gasteiger partial charge in [-0.3, -0.25) is 9.20 Å². The summed E-state index contributed by atoms with van der Waals surface area (Å²) in [5, 5.41) is 0. The van der Waals surface area contributed by atoms with Crippen molar-refractivity contribution in [2.24, 2.45) is 0 Å². The van der Waals surface area contributed by atoms with E-state index in [4.69, 9.17) is 4.74 Å². The molecule has 1 atom stereocenters. The van der Waals surface area contributed by atoms with Gasteiger partial charge in [0.1, 0.15) is 11.3 Å². The Balaban J connectivity index is 2.31. The van der Waals surface area contributed by atoms with Gasteiger partial charge in [-0.2, -0.15) is 0 Å². The SMILES string of the molecule is Cc1nc(C2(C)CCOC2)n2cc[nH]c(=O)c12. The van der Waals surface area contributed by atoms with Gasteiger partial charge in [0.25, 0.3) is 5.56 Å². The Morgan fingerprint density at radius 2 is 2.41 bits per heavy atom. The van der Waals surface area contributed by atoms with Crippen molar-refractivity contribution < 1.29 is 4.74 Å². The predicted molar refractivity (Wildman–Crippen MR) is 63.3 cm³/mol. The summed E-state index contributed by atoms with van der Waals surface area (Å²) in [6.07, 6.45) is 4.45. The van der Waals surface area contributed by atoms with Crippen molar-refractivity contribution in [3.05, 3.63) is 34.3 Å². The van der Waals surface area contributed by atoms with Gasteiger partial charge in [0.15, 0.2) is 0 Å². The normalized spacial score (nSPS) is 24.6. The number of H-pyrrole nitrogens is 1. The van der Waals surface area contributed by atoms with Crippen LogP contribution in [-0.4, -0.2) is 27.6 Å². The lowest BCUT2D eigenvalue weighted by Crippen LogP contribution is -2.25. The summed E-state index contributed by atoms with van der Waals surface area (Å²) in [5.41, 5.74) is 1.22. The first kappa shape index (κ1) is 10.5. The highest BCUT2D eigenvalue weighted by molar-refractivity contribution is 5.51. The van der Waals surface area contributed by atoms with E-state index in [-0.39, 0.29) is 11.0 Å². The largest absolute Gasteiger partial charge is 0.380 e. The first-order valence-corrected chi connectivity index (χ1v) is 5.76. The van der Waals surface area contributed by atoms with Crippen molar-refractivity contribution in [2.75, 3.05) is 13.2 Å². The predicted octanol–water partition coefficient (Wildman–Crippen LogP) is 1.01. The zero-order chi connectivity index (χ0) is 12.0. The fraction of sp³-hybridized carbons (Fsp3) is 0.500. The molecule has 1 fully saturated rings. The van der Waals surface area contributed by atoms with Gasteiger partial charge in [-0.25, -0.2) is 4.98 Å². The molecule has 1 saturated heterocycles. The highest BCUT2D eigenvalue weighted by Crippen LogP contribution is 2.32. The first-order valence-electron chi connectivity index (χ1n) is 5.76. The number of aromatic amines is 1. The van der Waals surface area contributed by atoms with Crippen LogP contribution in [0.5, 0.6) is 0 Å². The molecule has 1 aliphatic rings. The zero-order valence-electron chi connectivity index (χ0n) is 9.99. The Morgan fingerprint density at radius 3 is 3.12 bits per heavy atom. The summed E-state index contributed by atoms with van der Waals surface area (Å²) in [6, 6.07) is 0. The van der Waals surface area contributed by atoms with Crippen LogP contribution < -0.4 is 5.56 Å². The molecule has 2 aromatic heterocycles. The van der Waals surface area contributed by atoms with Crippen LogP contribution in [0.1, 0.15) is 24.9 Å². The molecule has 3 rings (SSSR count). The zero-order valence-corrected chi connectivity index (χ0v) is 9.99. The molecule has 0 aliphatic carbocycles. The fourth-order valence-corrected chi connectivity index (χ4v) is 2.49. The number of nitrogens with zero attached hydrogens (tertiary/aromatic N) is 2. The van der Waals surface area contributed by atoms with Gasteiger partial charge in [0.05, 0.1) is 17.7 Å². The molecule has 5 nitrogen and oxygen atoms in total. The molecule has 5 heteroatoms. The van der Waals surface area contributed by atoms with E-state index in [2.05, 4.69) is 16.9 Å². The van der Waals surface area contributed by atoms with E-state index >= 15 is 0 Å². The van der Waals surface area contributed by atoms with E-state index in [1.807, 2.05) is 17.5 Å². The van der Waals surface area contributed by atoms with Crippen molar-refractivity contribution in [3.63, 3.8) is 0 Å². The lowest BCUT2D eigenvalue weighted by Gasteiger charge is -2.19. The molecule has 0 aromatic carbocycles. The maximum atomic E-state index is 11.8. The monoisotopic (exact) mass is 233 g/mol. The first-order chi connectivity index (χ1) is 8.12. The van der Waals surface area contributed by atoms with Crippen molar-refractivity contribution in [1.82, 2.24) is 14.4 Å². The van der Waals surface area contributed by atoms with Gasteiger partial charge in [-0.05, 0) is 13.3 Å². The van der Waals surface area contributed by atoms with Gasteiger partial charge in [0, 0.05) is 19.0 Å². The van der Waals surface area contributed by atoms with Crippen LogP contribution in [0.4, 0.5) is 0 Å². The minimum atomic E-state index is -0.0923. The number of fused-ring (bicyclic) bond motifs is 1. The Hall–Kier alpha value is -1.62. The summed E-state index contributed by atoms with van der Waals surface area (Å²) in [5.74, 6) is 0.925. The van der Waals surface area contributed by atoms with Crippen molar-refractivity contribution >= 4 is 5.52 Å². The number of hydrogen-bond acceptors (Lipinski definition) is 3. The molecule has 0 saturated carbocycles. The Bertz CT molecular complexity index is 620. The maximum Gasteiger partial charge on any atom is 0.274 e.